The first-order valence-corrected chi connectivity index (χ1v) is 10.6. The van der Waals surface area contributed by atoms with Crippen LogP contribution in [0.5, 0.6) is 0 Å². The summed E-state index contributed by atoms with van der Waals surface area (Å²) in [7, 11) is 1.80. The molecule has 2 atom stereocenters. The van der Waals surface area contributed by atoms with Gasteiger partial charge in [-0.15, -0.1) is 0 Å². The molecule has 1 amide bonds. The van der Waals surface area contributed by atoms with E-state index in [4.69, 9.17) is 9.26 Å². The van der Waals surface area contributed by atoms with Crippen LogP contribution in [0.25, 0.3) is 0 Å². The van der Waals surface area contributed by atoms with Crippen LogP contribution >= 0.6 is 0 Å². The van der Waals surface area contributed by atoms with Gasteiger partial charge in [-0.2, -0.15) is 0 Å². The molecule has 1 N–H and O–H groups in total. The second kappa shape index (κ2) is 8.06. The number of amides is 1. The van der Waals surface area contributed by atoms with Gasteiger partial charge >= 0.3 is 0 Å². The quantitative estimate of drug-likeness (QED) is 0.800. The first kappa shape index (κ1) is 22.3. The summed E-state index contributed by atoms with van der Waals surface area (Å²) in [6, 6.07) is -0.0218. The van der Waals surface area contributed by atoms with Crippen molar-refractivity contribution >= 4 is 11.6 Å². The summed E-state index contributed by atoms with van der Waals surface area (Å²) in [5, 5.41) is 6.76. The third-order valence-corrected chi connectivity index (χ3v) is 6.01. The molecular weight excluding hydrogens is 384 g/mol. The molecule has 3 heterocycles. The van der Waals surface area contributed by atoms with Gasteiger partial charge in [0.25, 0.3) is 11.5 Å². The van der Waals surface area contributed by atoms with Gasteiger partial charge in [0.2, 0.25) is 0 Å². The molecule has 8 nitrogen and oxygen atoms in total. The Balaban J connectivity index is 1.84. The summed E-state index contributed by atoms with van der Waals surface area (Å²) in [5.41, 5.74) is 1.60. The molecular formula is C22H34N4O4. The molecule has 0 spiro atoms. The predicted molar refractivity (Wildman–Crippen MR) is 115 cm³/mol. The van der Waals surface area contributed by atoms with Crippen LogP contribution in [-0.2, 0) is 11.8 Å². The maximum Gasteiger partial charge on any atom is 0.290 e. The Morgan fingerprint density at radius 1 is 1.23 bits per heavy atom. The van der Waals surface area contributed by atoms with Gasteiger partial charge in [0.15, 0.2) is 11.5 Å². The van der Waals surface area contributed by atoms with E-state index in [9.17, 15) is 9.59 Å². The topological polar surface area (TPSA) is 91.3 Å². The molecule has 2 aromatic rings. The number of carbonyl (C=O) groups is 1. The summed E-state index contributed by atoms with van der Waals surface area (Å²) in [4.78, 5) is 25.7. The van der Waals surface area contributed by atoms with Gasteiger partial charge in [-0.1, -0.05) is 25.9 Å². The fraction of sp³-hybridized carbons (Fsp3) is 0.682. The lowest BCUT2D eigenvalue weighted by atomic mass is 9.83. The van der Waals surface area contributed by atoms with E-state index in [-0.39, 0.29) is 40.6 Å². The van der Waals surface area contributed by atoms with Crippen molar-refractivity contribution in [2.75, 3.05) is 5.32 Å². The lowest BCUT2D eigenvalue weighted by molar-refractivity contribution is -0.109. The molecule has 0 aliphatic carbocycles. The lowest BCUT2D eigenvalue weighted by Crippen LogP contribution is -2.34. The summed E-state index contributed by atoms with van der Waals surface area (Å²) < 4.78 is 15.2. The molecule has 1 aliphatic heterocycles. The molecule has 2 aromatic heterocycles. The number of ether oxygens (including phenoxy) is 1. The van der Waals surface area contributed by atoms with Crippen molar-refractivity contribution in [3.63, 3.8) is 0 Å². The van der Waals surface area contributed by atoms with E-state index in [1.807, 2.05) is 20.8 Å². The maximum absolute atomic E-state index is 12.9. The van der Waals surface area contributed by atoms with Gasteiger partial charge < -0.3 is 14.6 Å². The zero-order valence-electron chi connectivity index (χ0n) is 19.3. The van der Waals surface area contributed by atoms with E-state index in [0.29, 0.717) is 17.0 Å². The highest BCUT2D eigenvalue weighted by atomic mass is 16.5. The molecule has 0 bridgehead atoms. The summed E-state index contributed by atoms with van der Waals surface area (Å²) in [6.45, 7) is 14.0. The van der Waals surface area contributed by atoms with Gasteiger partial charge in [0.05, 0.1) is 11.8 Å². The highest BCUT2D eigenvalue weighted by molar-refractivity contribution is 6.04. The number of rotatable bonds is 4. The van der Waals surface area contributed by atoms with Crippen LogP contribution in [0, 0.1) is 19.3 Å². The molecule has 1 saturated heterocycles. The number of carbonyl (C=O) groups excluding carboxylic acids is 1. The Hall–Kier alpha value is -2.35. The minimum atomic E-state index is -0.451. The van der Waals surface area contributed by atoms with E-state index in [0.717, 1.165) is 19.3 Å². The largest absolute Gasteiger partial charge is 0.366 e. The fourth-order valence-electron chi connectivity index (χ4n) is 4.14. The second-order valence-corrected chi connectivity index (χ2v) is 9.61. The Morgan fingerprint density at radius 2 is 1.90 bits per heavy atom. The van der Waals surface area contributed by atoms with Crippen molar-refractivity contribution in [3.05, 3.63) is 33.1 Å². The van der Waals surface area contributed by atoms with Gasteiger partial charge in [0.1, 0.15) is 11.8 Å². The van der Waals surface area contributed by atoms with Crippen LogP contribution in [0.3, 0.4) is 0 Å². The van der Waals surface area contributed by atoms with E-state index < -0.39 is 5.91 Å². The minimum absolute atomic E-state index is 0.0218. The highest BCUT2D eigenvalue weighted by Crippen LogP contribution is 2.39. The van der Waals surface area contributed by atoms with Crippen LogP contribution < -0.4 is 10.9 Å². The average molecular weight is 419 g/mol. The fourth-order valence-corrected chi connectivity index (χ4v) is 4.14. The van der Waals surface area contributed by atoms with Crippen molar-refractivity contribution in [1.82, 2.24) is 14.5 Å². The summed E-state index contributed by atoms with van der Waals surface area (Å²) >= 11 is 0. The first-order valence-electron chi connectivity index (χ1n) is 10.6. The molecule has 0 aromatic carbocycles. The van der Waals surface area contributed by atoms with E-state index in [1.54, 1.807) is 23.3 Å². The molecule has 0 radical (unpaired) electrons. The highest BCUT2D eigenvalue weighted by Gasteiger charge is 2.35. The average Bonchev–Trinajstić information content (AvgIpc) is 3.14. The Labute approximate surface area is 177 Å². The van der Waals surface area contributed by atoms with Crippen LogP contribution in [0.2, 0.25) is 0 Å². The molecule has 1 aliphatic rings. The molecule has 1 fully saturated rings. The third-order valence-electron chi connectivity index (χ3n) is 6.01. The van der Waals surface area contributed by atoms with Gasteiger partial charge in [0, 0.05) is 18.7 Å². The number of nitrogens with zero attached hydrogens (tertiary/aromatic N) is 3. The molecule has 0 saturated carbocycles. The normalized spacial score (nSPS) is 20.0. The van der Waals surface area contributed by atoms with E-state index in [2.05, 4.69) is 31.2 Å². The van der Waals surface area contributed by atoms with Gasteiger partial charge in [-0.05, 0) is 52.4 Å². The Kier molecular flexibility index (Phi) is 6.00. The SMILES string of the molecule is Cc1c(C(=O)Nc2c(C)n(C)n(C(C)C)c2=O)noc1[C@@H]1CCC[C@H](C(C)(C)C)O1. The summed E-state index contributed by atoms with van der Waals surface area (Å²) in [6.07, 6.45) is 2.79. The maximum atomic E-state index is 12.9. The number of hydrogen-bond acceptors (Lipinski definition) is 5. The van der Waals surface area contributed by atoms with Crippen LogP contribution in [-0.4, -0.2) is 26.5 Å². The lowest BCUT2D eigenvalue weighted by Gasteiger charge is -2.37. The standard InChI is InChI=1S/C22H34N4O4/c1-12(2)26-21(28)18(14(4)25(26)8)23-20(27)17-13(3)19(30-24-17)15-10-9-11-16(29-15)22(5,6)7/h12,15-16H,9-11H2,1-8H3,(H,23,27)/t15-,16+/m0/s1. The van der Waals surface area contributed by atoms with Crippen LogP contribution in [0.1, 0.15) is 93.5 Å². The van der Waals surface area contributed by atoms with Crippen molar-refractivity contribution < 1.29 is 14.1 Å². The zero-order chi connectivity index (χ0) is 22.4. The molecule has 30 heavy (non-hydrogen) atoms. The predicted octanol–water partition coefficient (Wildman–Crippen LogP) is 4.28. The Bertz CT molecular complexity index is 990. The van der Waals surface area contributed by atoms with E-state index in [1.165, 1.54) is 0 Å². The monoisotopic (exact) mass is 418 g/mol. The molecule has 8 heteroatoms. The van der Waals surface area contributed by atoms with Gasteiger partial charge in [-0.3, -0.25) is 14.3 Å². The van der Waals surface area contributed by atoms with Gasteiger partial charge in [-0.25, -0.2) is 4.68 Å². The number of hydrogen-bond donors (Lipinski definition) is 1. The minimum Gasteiger partial charge on any atom is -0.366 e. The first-order chi connectivity index (χ1) is 13.9. The molecule has 166 valence electrons. The number of anilines is 1. The summed E-state index contributed by atoms with van der Waals surface area (Å²) in [5.74, 6) is 0.144. The second-order valence-electron chi connectivity index (χ2n) is 9.61. The number of aromatic nitrogens is 3. The van der Waals surface area contributed by atoms with E-state index >= 15 is 0 Å². The van der Waals surface area contributed by atoms with Crippen LogP contribution in [0.4, 0.5) is 5.69 Å². The Morgan fingerprint density at radius 3 is 2.47 bits per heavy atom. The third kappa shape index (κ3) is 3.97. The molecule has 0 unspecified atom stereocenters. The molecule has 3 rings (SSSR count). The van der Waals surface area contributed by atoms with Crippen molar-refractivity contribution in [3.8, 4) is 0 Å². The number of nitrogens with one attached hydrogen (secondary N) is 1. The zero-order valence-corrected chi connectivity index (χ0v) is 19.3. The van der Waals surface area contributed by atoms with Crippen molar-refractivity contribution in [2.45, 2.75) is 86.0 Å². The smallest absolute Gasteiger partial charge is 0.290 e. The van der Waals surface area contributed by atoms with Crippen molar-refractivity contribution in [2.24, 2.45) is 12.5 Å². The van der Waals surface area contributed by atoms with Crippen molar-refractivity contribution in [1.29, 1.82) is 0 Å². The van der Waals surface area contributed by atoms with Crippen LogP contribution in [0.15, 0.2) is 9.32 Å².